The maximum absolute atomic E-state index is 13.3. The van der Waals surface area contributed by atoms with E-state index in [9.17, 15) is 21.6 Å². The normalized spacial score (nSPS) is 18.4. The van der Waals surface area contributed by atoms with Crippen LogP contribution in [0.25, 0.3) is 0 Å². The van der Waals surface area contributed by atoms with Crippen molar-refractivity contribution in [2.75, 3.05) is 22.8 Å². The monoisotopic (exact) mass is 449 g/mol. The molecule has 4 rings (SSSR count). The first-order valence-electron chi connectivity index (χ1n) is 9.58. The van der Waals surface area contributed by atoms with E-state index in [4.69, 9.17) is 0 Å². The van der Waals surface area contributed by atoms with Crippen molar-refractivity contribution >= 4 is 37.3 Å². The SMILES string of the molecule is CNS(=O)(=O)c1ccc2c(c1)CCN2S(=O)(=O)c1ccc2c(c1)CC(C)N2C(C)=O. The third-order valence-electron chi connectivity index (χ3n) is 5.68. The quantitative estimate of drug-likeness (QED) is 0.764. The van der Waals surface area contributed by atoms with Gasteiger partial charge in [0.25, 0.3) is 10.0 Å². The number of benzene rings is 2. The Balaban J connectivity index is 1.71. The zero-order chi connectivity index (χ0) is 21.8. The predicted molar refractivity (Wildman–Crippen MR) is 114 cm³/mol. The van der Waals surface area contributed by atoms with Crippen LogP contribution in [0.3, 0.4) is 0 Å². The van der Waals surface area contributed by atoms with Gasteiger partial charge in [0, 0.05) is 25.2 Å². The van der Waals surface area contributed by atoms with Crippen LogP contribution < -0.4 is 13.9 Å². The lowest BCUT2D eigenvalue weighted by Crippen LogP contribution is -2.33. The van der Waals surface area contributed by atoms with Crippen molar-refractivity contribution in [1.82, 2.24) is 4.72 Å². The van der Waals surface area contributed by atoms with Crippen molar-refractivity contribution in [3.63, 3.8) is 0 Å². The summed E-state index contributed by atoms with van der Waals surface area (Å²) in [4.78, 5) is 13.9. The molecule has 160 valence electrons. The molecule has 1 amide bonds. The maximum Gasteiger partial charge on any atom is 0.264 e. The largest absolute Gasteiger partial charge is 0.309 e. The fourth-order valence-corrected chi connectivity index (χ4v) is 6.59. The second-order valence-corrected chi connectivity index (χ2v) is 11.3. The zero-order valence-electron chi connectivity index (χ0n) is 16.9. The van der Waals surface area contributed by atoms with Gasteiger partial charge in [-0.1, -0.05) is 0 Å². The number of carbonyl (C=O) groups is 1. The molecular weight excluding hydrogens is 426 g/mol. The molecule has 2 heterocycles. The minimum absolute atomic E-state index is 0.0180. The molecule has 0 saturated heterocycles. The molecular formula is C20H23N3O5S2. The fourth-order valence-electron chi connectivity index (χ4n) is 4.26. The van der Waals surface area contributed by atoms with Crippen LogP contribution in [0.4, 0.5) is 11.4 Å². The zero-order valence-corrected chi connectivity index (χ0v) is 18.5. The van der Waals surface area contributed by atoms with E-state index in [1.165, 1.54) is 42.5 Å². The molecule has 1 atom stereocenters. The average Bonchev–Trinajstić information content (AvgIpc) is 3.27. The highest BCUT2D eigenvalue weighted by atomic mass is 32.2. The van der Waals surface area contributed by atoms with E-state index >= 15 is 0 Å². The lowest BCUT2D eigenvalue weighted by atomic mass is 10.1. The van der Waals surface area contributed by atoms with Crippen LogP contribution in [0.1, 0.15) is 25.0 Å². The van der Waals surface area contributed by atoms with E-state index in [-0.39, 0.29) is 28.3 Å². The number of nitrogens with one attached hydrogen (secondary N) is 1. The van der Waals surface area contributed by atoms with Crippen molar-refractivity contribution in [3.8, 4) is 0 Å². The third-order valence-corrected chi connectivity index (χ3v) is 8.90. The average molecular weight is 450 g/mol. The van der Waals surface area contributed by atoms with Crippen LogP contribution in [0.15, 0.2) is 46.2 Å². The molecule has 8 nitrogen and oxygen atoms in total. The number of sulfonamides is 2. The van der Waals surface area contributed by atoms with Gasteiger partial charge in [0.15, 0.2) is 0 Å². The Bertz CT molecular complexity index is 1260. The van der Waals surface area contributed by atoms with Crippen molar-refractivity contribution in [1.29, 1.82) is 0 Å². The molecule has 2 aromatic rings. The summed E-state index contributed by atoms with van der Waals surface area (Å²) in [6.45, 7) is 3.68. The number of nitrogens with zero attached hydrogens (tertiary/aromatic N) is 2. The Morgan fingerprint density at radius 1 is 1.00 bits per heavy atom. The molecule has 0 saturated carbocycles. The minimum Gasteiger partial charge on any atom is -0.309 e. The molecule has 0 bridgehead atoms. The molecule has 0 spiro atoms. The van der Waals surface area contributed by atoms with Gasteiger partial charge < -0.3 is 4.90 Å². The van der Waals surface area contributed by atoms with Gasteiger partial charge in [0.1, 0.15) is 0 Å². The molecule has 0 aromatic heterocycles. The van der Waals surface area contributed by atoms with Crippen molar-refractivity contribution in [2.45, 2.75) is 42.5 Å². The summed E-state index contributed by atoms with van der Waals surface area (Å²) in [5.74, 6) is -0.0716. The van der Waals surface area contributed by atoms with Gasteiger partial charge in [0.05, 0.1) is 15.5 Å². The van der Waals surface area contributed by atoms with Crippen LogP contribution >= 0.6 is 0 Å². The molecule has 30 heavy (non-hydrogen) atoms. The number of hydrogen-bond acceptors (Lipinski definition) is 5. The van der Waals surface area contributed by atoms with Gasteiger partial charge >= 0.3 is 0 Å². The maximum atomic E-state index is 13.3. The molecule has 2 aromatic carbocycles. The Labute approximate surface area is 176 Å². The van der Waals surface area contributed by atoms with Crippen molar-refractivity contribution in [3.05, 3.63) is 47.5 Å². The molecule has 1 unspecified atom stereocenters. The van der Waals surface area contributed by atoms with E-state index in [0.717, 1.165) is 11.3 Å². The number of fused-ring (bicyclic) bond motifs is 2. The molecule has 1 N–H and O–H groups in total. The highest BCUT2D eigenvalue weighted by Crippen LogP contribution is 2.38. The summed E-state index contributed by atoms with van der Waals surface area (Å²) in [6.07, 6.45) is 1.03. The Morgan fingerprint density at radius 3 is 2.30 bits per heavy atom. The molecule has 2 aliphatic rings. The molecule has 0 radical (unpaired) electrons. The molecule has 2 aliphatic heterocycles. The Morgan fingerprint density at radius 2 is 1.63 bits per heavy atom. The first-order chi connectivity index (χ1) is 14.1. The molecule has 0 fully saturated rings. The van der Waals surface area contributed by atoms with Crippen LogP contribution in [-0.2, 0) is 37.7 Å². The lowest BCUT2D eigenvalue weighted by Gasteiger charge is -2.22. The van der Waals surface area contributed by atoms with E-state index < -0.39 is 20.0 Å². The van der Waals surface area contributed by atoms with E-state index in [2.05, 4.69) is 4.72 Å². The summed E-state index contributed by atoms with van der Waals surface area (Å²) in [6, 6.07) is 9.31. The predicted octanol–water partition coefficient (Wildman–Crippen LogP) is 1.64. The van der Waals surface area contributed by atoms with Gasteiger partial charge in [-0.05, 0) is 74.3 Å². The van der Waals surface area contributed by atoms with Crippen LogP contribution in [-0.4, -0.2) is 42.4 Å². The lowest BCUT2D eigenvalue weighted by molar-refractivity contribution is -0.116. The van der Waals surface area contributed by atoms with Gasteiger partial charge in [-0.15, -0.1) is 0 Å². The van der Waals surface area contributed by atoms with Crippen LogP contribution in [0.2, 0.25) is 0 Å². The second kappa shape index (κ2) is 7.07. The van der Waals surface area contributed by atoms with Gasteiger partial charge in [0.2, 0.25) is 15.9 Å². The fraction of sp³-hybridized carbons (Fsp3) is 0.350. The number of anilines is 2. The van der Waals surface area contributed by atoms with Gasteiger partial charge in [-0.25, -0.2) is 21.6 Å². The van der Waals surface area contributed by atoms with E-state index in [1.807, 2.05) is 6.92 Å². The minimum atomic E-state index is -3.82. The number of rotatable bonds is 4. The van der Waals surface area contributed by atoms with Crippen molar-refractivity contribution < 1.29 is 21.6 Å². The number of hydrogen-bond donors (Lipinski definition) is 1. The van der Waals surface area contributed by atoms with E-state index in [0.29, 0.717) is 24.1 Å². The number of carbonyl (C=O) groups excluding carboxylic acids is 1. The first kappa shape index (κ1) is 20.8. The summed E-state index contributed by atoms with van der Waals surface area (Å²) in [5.41, 5.74) is 2.74. The Hall–Kier alpha value is -2.43. The third kappa shape index (κ3) is 3.19. The smallest absolute Gasteiger partial charge is 0.264 e. The molecule has 0 aliphatic carbocycles. The summed E-state index contributed by atoms with van der Waals surface area (Å²) in [5, 5.41) is 0. The van der Waals surface area contributed by atoms with Gasteiger partial charge in [-0.3, -0.25) is 9.10 Å². The molecule has 10 heteroatoms. The standard InChI is InChI=1S/C20H23N3O5S2/c1-13-10-16-12-18(5-7-20(16)23(13)14(2)24)30(27,28)22-9-8-15-11-17(4-6-19(15)22)29(25,26)21-3/h4-7,11-13,21H,8-10H2,1-3H3. The highest BCUT2D eigenvalue weighted by molar-refractivity contribution is 7.92. The summed E-state index contributed by atoms with van der Waals surface area (Å²) >= 11 is 0. The summed E-state index contributed by atoms with van der Waals surface area (Å²) < 4.78 is 54.4. The van der Waals surface area contributed by atoms with Crippen molar-refractivity contribution in [2.24, 2.45) is 0 Å². The first-order valence-corrected chi connectivity index (χ1v) is 12.5. The van der Waals surface area contributed by atoms with Crippen LogP contribution in [0.5, 0.6) is 0 Å². The van der Waals surface area contributed by atoms with E-state index in [1.54, 1.807) is 17.0 Å². The highest BCUT2D eigenvalue weighted by Gasteiger charge is 2.34. The van der Waals surface area contributed by atoms with Gasteiger partial charge in [-0.2, -0.15) is 0 Å². The number of amides is 1. The summed E-state index contributed by atoms with van der Waals surface area (Å²) in [7, 11) is -6.08. The topological polar surface area (TPSA) is 104 Å². The van der Waals surface area contributed by atoms with Crippen LogP contribution in [0, 0.1) is 0 Å². The Kier molecular flexibility index (Phi) is 4.91. The second-order valence-electron chi connectivity index (χ2n) is 7.56.